The number of nitrogens with zero attached hydrogens (tertiary/aromatic N) is 2. The summed E-state index contributed by atoms with van der Waals surface area (Å²) in [4.78, 5) is 22.1. The lowest BCUT2D eigenvalue weighted by atomic mass is 9.78. The van der Waals surface area contributed by atoms with Crippen LogP contribution in [-0.2, 0) is 10.3 Å². The molecule has 0 amide bonds. The van der Waals surface area contributed by atoms with Crippen molar-refractivity contribution in [1.82, 2.24) is 4.98 Å². The number of rotatable bonds is 7. The van der Waals surface area contributed by atoms with Crippen molar-refractivity contribution in [3.63, 3.8) is 0 Å². The molecule has 140 valence electrons. The van der Waals surface area contributed by atoms with E-state index in [4.69, 9.17) is 10.5 Å². The molecule has 1 aromatic carbocycles. The highest BCUT2D eigenvalue weighted by atomic mass is 16.5. The molecule has 1 aliphatic rings. The molecule has 3 rings (SSSR count). The molecule has 1 saturated carbocycles. The molecule has 1 fully saturated rings. The van der Waals surface area contributed by atoms with Crippen molar-refractivity contribution >= 4 is 11.6 Å². The topological polar surface area (TPSA) is 77.6 Å². The first kappa shape index (κ1) is 18.8. The van der Waals surface area contributed by atoms with E-state index in [1.54, 1.807) is 33.4 Å². The van der Waals surface area contributed by atoms with Gasteiger partial charge in [0.15, 0.2) is 11.3 Å². The zero-order valence-corrected chi connectivity index (χ0v) is 16.0. The molecule has 1 unspecified atom stereocenters. The molecular weight excluding hydrogens is 338 g/mol. The van der Waals surface area contributed by atoms with Crippen LogP contribution in [-0.4, -0.2) is 23.7 Å². The summed E-state index contributed by atoms with van der Waals surface area (Å²) in [6, 6.07) is 9.80. The molecule has 1 aromatic heterocycles. The minimum absolute atomic E-state index is 0.0734. The fourth-order valence-corrected chi connectivity index (χ4v) is 3.49. The summed E-state index contributed by atoms with van der Waals surface area (Å²) in [6.45, 7) is 7.33. The maximum atomic E-state index is 13.2. The second-order valence-corrected chi connectivity index (χ2v) is 7.10. The number of ketones is 1. The minimum Gasteiger partial charge on any atom is -0.495 e. The van der Waals surface area contributed by atoms with Crippen LogP contribution in [0.3, 0.4) is 0 Å². The zero-order valence-electron chi connectivity index (χ0n) is 16.0. The zero-order chi connectivity index (χ0) is 19.6. The summed E-state index contributed by atoms with van der Waals surface area (Å²) in [5.74, 6) is 1.14. The Bertz CT molecular complexity index is 911. The first-order valence-corrected chi connectivity index (χ1v) is 9.00. The molecule has 0 spiro atoms. The molecule has 5 heteroatoms. The van der Waals surface area contributed by atoms with E-state index in [2.05, 4.69) is 16.6 Å². The molecule has 0 radical (unpaired) electrons. The van der Waals surface area contributed by atoms with Crippen molar-refractivity contribution in [3.05, 3.63) is 60.4 Å². The number of Topliss-reactive ketones (excluding diaryl/α,β-unsaturated/α-hetero) is 1. The number of pyridine rings is 1. The summed E-state index contributed by atoms with van der Waals surface area (Å²) < 4.78 is 5.28. The van der Waals surface area contributed by atoms with Crippen molar-refractivity contribution in [2.45, 2.75) is 32.2 Å². The number of carbonyl (C=O) groups excluding carboxylic acids is 1. The number of nitrogens with two attached hydrogens (primary N) is 1. The van der Waals surface area contributed by atoms with Crippen LogP contribution in [0, 0.1) is 5.92 Å². The number of hydrogen-bond acceptors (Lipinski definition) is 4. The Morgan fingerprint density at radius 1 is 1.26 bits per heavy atom. The first-order chi connectivity index (χ1) is 12.9. The smallest absolute Gasteiger partial charge is 0.190 e. The Kier molecular flexibility index (Phi) is 5.13. The van der Waals surface area contributed by atoms with Crippen molar-refractivity contribution < 1.29 is 9.53 Å². The van der Waals surface area contributed by atoms with E-state index in [0.717, 1.165) is 29.5 Å². The summed E-state index contributed by atoms with van der Waals surface area (Å²) in [5, 5.41) is 0. The Morgan fingerprint density at radius 2 is 2.00 bits per heavy atom. The lowest BCUT2D eigenvalue weighted by molar-refractivity contribution is -0.121. The molecule has 2 aromatic rings. The summed E-state index contributed by atoms with van der Waals surface area (Å²) in [6.07, 6.45) is 5.33. The predicted octanol–water partition coefficient (Wildman–Crippen LogP) is 3.88. The number of carbonyl (C=O) groups is 1. The van der Waals surface area contributed by atoms with Gasteiger partial charge in [-0.25, -0.2) is 0 Å². The standard InChI is InChI=1S/C22H25N3O2/c1-14(2)21(26)22(18-8-9-18,25-15(3)23)19-7-5-6-16(10-19)17-11-20(27-4)13-24-12-17/h5-7,10-13,18H,1,8-9H2,2-4H3,(H2,23,25). The van der Waals surface area contributed by atoms with Gasteiger partial charge in [-0.05, 0) is 61.4 Å². The third-order valence-corrected chi connectivity index (χ3v) is 4.84. The first-order valence-electron chi connectivity index (χ1n) is 9.00. The van der Waals surface area contributed by atoms with Gasteiger partial charge in [-0.2, -0.15) is 0 Å². The van der Waals surface area contributed by atoms with Gasteiger partial charge in [-0.15, -0.1) is 0 Å². The molecule has 0 saturated heterocycles. The molecule has 0 bridgehead atoms. The fourth-order valence-electron chi connectivity index (χ4n) is 3.49. The summed E-state index contributed by atoms with van der Waals surface area (Å²) >= 11 is 0. The molecule has 1 heterocycles. The predicted molar refractivity (Wildman–Crippen MR) is 108 cm³/mol. The fraction of sp³-hybridized carbons (Fsp3) is 0.318. The Hall–Kier alpha value is -2.95. The van der Waals surface area contributed by atoms with E-state index >= 15 is 0 Å². The third kappa shape index (κ3) is 3.63. The van der Waals surface area contributed by atoms with Gasteiger partial charge >= 0.3 is 0 Å². The maximum Gasteiger partial charge on any atom is 0.190 e. The second-order valence-electron chi connectivity index (χ2n) is 7.10. The van der Waals surface area contributed by atoms with Gasteiger partial charge in [0.05, 0.1) is 19.1 Å². The van der Waals surface area contributed by atoms with Gasteiger partial charge in [0.2, 0.25) is 0 Å². The van der Waals surface area contributed by atoms with Gasteiger partial charge in [-0.1, -0.05) is 24.8 Å². The van der Waals surface area contributed by atoms with Crippen LogP contribution in [0.4, 0.5) is 0 Å². The maximum absolute atomic E-state index is 13.2. The van der Waals surface area contributed by atoms with Gasteiger partial charge in [0.25, 0.3) is 0 Å². The number of methoxy groups -OCH3 is 1. The minimum atomic E-state index is -1.01. The average Bonchev–Trinajstić information content (AvgIpc) is 3.51. The highest BCUT2D eigenvalue weighted by Gasteiger charge is 2.52. The van der Waals surface area contributed by atoms with Crippen LogP contribution in [0.25, 0.3) is 11.1 Å². The van der Waals surface area contributed by atoms with Crippen LogP contribution in [0.1, 0.15) is 32.3 Å². The van der Waals surface area contributed by atoms with Crippen LogP contribution < -0.4 is 10.5 Å². The Labute approximate surface area is 160 Å². The molecule has 1 atom stereocenters. The van der Waals surface area contributed by atoms with E-state index in [1.807, 2.05) is 30.3 Å². The van der Waals surface area contributed by atoms with E-state index in [1.165, 1.54) is 0 Å². The number of aliphatic imine (C=N–C) groups is 1. The highest BCUT2D eigenvalue weighted by Crippen LogP contribution is 2.50. The number of ether oxygens (including phenoxy) is 1. The van der Waals surface area contributed by atoms with Crippen molar-refractivity contribution in [3.8, 4) is 16.9 Å². The lowest BCUT2D eigenvalue weighted by Gasteiger charge is -2.30. The average molecular weight is 363 g/mol. The van der Waals surface area contributed by atoms with Crippen molar-refractivity contribution in [1.29, 1.82) is 0 Å². The number of hydrogen-bond donors (Lipinski definition) is 1. The SMILES string of the molecule is C=C(C)C(=O)C(N=C(C)N)(c1cccc(-c2cncc(OC)c2)c1)C1CC1. The Balaban J connectivity index is 2.17. The molecule has 0 aliphatic heterocycles. The largest absolute Gasteiger partial charge is 0.495 e. The van der Waals surface area contributed by atoms with Gasteiger partial charge in [0, 0.05) is 11.8 Å². The second kappa shape index (κ2) is 7.35. The molecule has 5 nitrogen and oxygen atoms in total. The van der Waals surface area contributed by atoms with Crippen LogP contribution in [0.5, 0.6) is 5.75 Å². The number of aromatic nitrogens is 1. The molecule has 2 N–H and O–H groups in total. The number of amidine groups is 1. The third-order valence-electron chi connectivity index (χ3n) is 4.84. The number of benzene rings is 1. The highest BCUT2D eigenvalue weighted by molar-refractivity contribution is 6.04. The quantitative estimate of drug-likeness (QED) is 0.460. The summed E-state index contributed by atoms with van der Waals surface area (Å²) in [7, 11) is 1.61. The van der Waals surface area contributed by atoms with Gasteiger partial charge < -0.3 is 10.5 Å². The van der Waals surface area contributed by atoms with Crippen molar-refractivity contribution in [2.24, 2.45) is 16.6 Å². The Morgan fingerprint density at radius 3 is 2.59 bits per heavy atom. The van der Waals surface area contributed by atoms with E-state index < -0.39 is 5.54 Å². The van der Waals surface area contributed by atoms with E-state index in [0.29, 0.717) is 17.2 Å². The normalized spacial score (nSPS) is 16.5. The van der Waals surface area contributed by atoms with Gasteiger partial charge in [0.1, 0.15) is 5.75 Å². The van der Waals surface area contributed by atoms with Gasteiger partial charge in [-0.3, -0.25) is 14.8 Å². The van der Waals surface area contributed by atoms with Crippen LogP contribution in [0.15, 0.2) is 59.9 Å². The molecule has 27 heavy (non-hydrogen) atoms. The van der Waals surface area contributed by atoms with Crippen LogP contribution >= 0.6 is 0 Å². The van der Waals surface area contributed by atoms with E-state index in [9.17, 15) is 4.79 Å². The molecular formula is C22H25N3O2. The van der Waals surface area contributed by atoms with Crippen molar-refractivity contribution in [2.75, 3.05) is 7.11 Å². The molecule has 1 aliphatic carbocycles. The monoisotopic (exact) mass is 363 g/mol. The summed E-state index contributed by atoms with van der Waals surface area (Å²) in [5.41, 5.74) is 8.13. The van der Waals surface area contributed by atoms with Crippen LogP contribution in [0.2, 0.25) is 0 Å². The lowest BCUT2D eigenvalue weighted by Crippen LogP contribution is -2.38. The van der Waals surface area contributed by atoms with E-state index in [-0.39, 0.29) is 11.7 Å².